The highest BCUT2D eigenvalue weighted by Gasteiger charge is 2.30. The molecule has 1 aromatic rings. The van der Waals surface area contributed by atoms with Crippen molar-refractivity contribution in [1.29, 1.82) is 0 Å². The van der Waals surface area contributed by atoms with Gasteiger partial charge in [-0.3, -0.25) is 15.6 Å². The molecule has 1 saturated heterocycles. The standard InChI is InChI=1S/C17H24ClN3O3S/c1-11-9-12(6-7-14(11)18)24-17(2,3)15(22)20-21-16(25)19-10-13-5-4-8-23-13/h6-7,9,13H,4-5,8,10H2,1-3H3,(H,20,22)(H2,19,21,25). The van der Waals surface area contributed by atoms with Crippen LogP contribution in [0.5, 0.6) is 5.75 Å². The molecule has 0 aliphatic carbocycles. The fraction of sp³-hybridized carbons (Fsp3) is 0.529. The number of hydrogen-bond donors (Lipinski definition) is 3. The van der Waals surface area contributed by atoms with Gasteiger partial charge in [0.15, 0.2) is 10.7 Å². The molecule has 8 heteroatoms. The van der Waals surface area contributed by atoms with Gasteiger partial charge in [-0.25, -0.2) is 0 Å². The van der Waals surface area contributed by atoms with Crippen LogP contribution in [0.15, 0.2) is 18.2 Å². The Morgan fingerprint density at radius 2 is 2.20 bits per heavy atom. The third-order valence-electron chi connectivity index (χ3n) is 3.85. The Bertz CT molecular complexity index is 634. The molecule has 1 aromatic carbocycles. The van der Waals surface area contributed by atoms with Crippen molar-refractivity contribution in [3.8, 4) is 5.75 Å². The minimum Gasteiger partial charge on any atom is -0.478 e. The van der Waals surface area contributed by atoms with E-state index in [2.05, 4.69) is 16.2 Å². The van der Waals surface area contributed by atoms with Crippen LogP contribution in [0.1, 0.15) is 32.3 Å². The summed E-state index contributed by atoms with van der Waals surface area (Å²) in [5.41, 5.74) is 5.04. The third-order valence-corrected chi connectivity index (χ3v) is 4.52. The molecule has 1 aliphatic rings. The molecule has 0 saturated carbocycles. The number of aryl methyl sites for hydroxylation is 1. The molecule has 0 bridgehead atoms. The van der Waals surface area contributed by atoms with Gasteiger partial charge in [0, 0.05) is 18.2 Å². The second-order valence-corrected chi connectivity index (χ2v) is 7.26. The van der Waals surface area contributed by atoms with E-state index in [1.54, 1.807) is 32.0 Å². The molecule has 2 rings (SSSR count). The molecule has 6 nitrogen and oxygen atoms in total. The van der Waals surface area contributed by atoms with Gasteiger partial charge < -0.3 is 14.8 Å². The zero-order chi connectivity index (χ0) is 18.4. The summed E-state index contributed by atoms with van der Waals surface area (Å²) in [4.78, 5) is 12.3. The van der Waals surface area contributed by atoms with Crippen molar-refractivity contribution in [2.24, 2.45) is 0 Å². The maximum atomic E-state index is 12.3. The zero-order valence-corrected chi connectivity index (χ0v) is 16.2. The molecule has 1 aliphatic heterocycles. The van der Waals surface area contributed by atoms with Crippen LogP contribution in [-0.2, 0) is 9.53 Å². The predicted molar refractivity (Wildman–Crippen MR) is 102 cm³/mol. The number of thiocarbonyl (C=S) groups is 1. The Morgan fingerprint density at radius 1 is 1.44 bits per heavy atom. The predicted octanol–water partition coefficient (Wildman–Crippen LogP) is 2.48. The molecule has 1 atom stereocenters. The first kappa shape index (κ1) is 19.8. The second-order valence-electron chi connectivity index (χ2n) is 6.45. The second kappa shape index (κ2) is 8.69. The topological polar surface area (TPSA) is 71.6 Å². The number of nitrogens with one attached hydrogen (secondary N) is 3. The molecular formula is C17H24ClN3O3S. The summed E-state index contributed by atoms with van der Waals surface area (Å²) in [6.07, 6.45) is 2.26. The van der Waals surface area contributed by atoms with Gasteiger partial charge >= 0.3 is 0 Å². The number of carbonyl (C=O) groups excluding carboxylic acids is 1. The Balaban J connectivity index is 1.79. The van der Waals surface area contributed by atoms with Gasteiger partial charge in [0.1, 0.15) is 5.75 Å². The van der Waals surface area contributed by atoms with E-state index in [0.29, 0.717) is 22.4 Å². The van der Waals surface area contributed by atoms with Gasteiger partial charge in [0.25, 0.3) is 5.91 Å². The van der Waals surface area contributed by atoms with E-state index in [-0.39, 0.29) is 12.0 Å². The van der Waals surface area contributed by atoms with E-state index in [0.717, 1.165) is 25.0 Å². The van der Waals surface area contributed by atoms with Crippen LogP contribution in [0, 0.1) is 6.92 Å². The summed E-state index contributed by atoms with van der Waals surface area (Å²) in [6, 6.07) is 5.26. The van der Waals surface area contributed by atoms with Crippen LogP contribution in [-0.4, -0.2) is 35.9 Å². The van der Waals surface area contributed by atoms with Crippen molar-refractivity contribution in [2.45, 2.75) is 45.3 Å². The average Bonchev–Trinajstić information content (AvgIpc) is 3.07. The van der Waals surface area contributed by atoms with Gasteiger partial charge in [-0.1, -0.05) is 11.6 Å². The summed E-state index contributed by atoms with van der Waals surface area (Å²) in [5.74, 6) is 0.225. The molecule has 1 amide bonds. The fourth-order valence-electron chi connectivity index (χ4n) is 2.34. The Labute approximate surface area is 158 Å². The molecule has 138 valence electrons. The maximum Gasteiger partial charge on any atom is 0.281 e. The third kappa shape index (κ3) is 6.02. The zero-order valence-electron chi connectivity index (χ0n) is 14.6. The molecule has 1 fully saturated rings. The van der Waals surface area contributed by atoms with Crippen LogP contribution in [0.3, 0.4) is 0 Å². The fourth-order valence-corrected chi connectivity index (χ4v) is 2.59. The summed E-state index contributed by atoms with van der Waals surface area (Å²) < 4.78 is 11.3. The smallest absolute Gasteiger partial charge is 0.281 e. The highest BCUT2D eigenvalue weighted by Crippen LogP contribution is 2.24. The molecule has 3 N–H and O–H groups in total. The normalized spacial score (nSPS) is 17.0. The first-order chi connectivity index (χ1) is 11.8. The van der Waals surface area contributed by atoms with Crippen molar-refractivity contribution in [1.82, 2.24) is 16.2 Å². The lowest BCUT2D eigenvalue weighted by molar-refractivity contribution is -0.134. The first-order valence-electron chi connectivity index (χ1n) is 8.19. The highest BCUT2D eigenvalue weighted by molar-refractivity contribution is 7.80. The Morgan fingerprint density at radius 3 is 2.84 bits per heavy atom. The largest absolute Gasteiger partial charge is 0.478 e. The van der Waals surface area contributed by atoms with E-state index < -0.39 is 5.60 Å². The number of amides is 1. The van der Waals surface area contributed by atoms with Gasteiger partial charge in [-0.15, -0.1) is 0 Å². The minimum atomic E-state index is -1.09. The molecule has 0 radical (unpaired) electrons. The average molecular weight is 386 g/mol. The molecule has 1 heterocycles. The van der Waals surface area contributed by atoms with Crippen molar-refractivity contribution in [2.75, 3.05) is 13.2 Å². The minimum absolute atomic E-state index is 0.170. The number of carbonyl (C=O) groups is 1. The van der Waals surface area contributed by atoms with Gasteiger partial charge in [-0.05, 0) is 69.6 Å². The Hall–Kier alpha value is -1.57. The van der Waals surface area contributed by atoms with Crippen molar-refractivity contribution < 1.29 is 14.3 Å². The number of rotatable bonds is 5. The lowest BCUT2D eigenvalue weighted by Crippen LogP contribution is -2.55. The van der Waals surface area contributed by atoms with Crippen LogP contribution in [0.25, 0.3) is 0 Å². The van der Waals surface area contributed by atoms with Crippen molar-refractivity contribution in [3.63, 3.8) is 0 Å². The quantitative estimate of drug-likeness (QED) is 0.534. The van der Waals surface area contributed by atoms with E-state index >= 15 is 0 Å². The van der Waals surface area contributed by atoms with Crippen molar-refractivity contribution >= 4 is 34.8 Å². The van der Waals surface area contributed by atoms with Crippen molar-refractivity contribution in [3.05, 3.63) is 28.8 Å². The Kier molecular flexibility index (Phi) is 6.87. The monoisotopic (exact) mass is 385 g/mol. The summed E-state index contributed by atoms with van der Waals surface area (Å²) >= 11 is 11.1. The van der Waals surface area contributed by atoms with Crippen LogP contribution < -0.4 is 20.9 Å². The highest BCUT2D eigenvalue weighted by atomic mass is 35.5. The van der Waals surface area contributed by atoms with Gasteiger partial charge in [-0.2, -0.15) is 0 Å². The summed E-state index contributed by atoms with van der Waals surface area (Å²) in [7, 11) is 0. The first-order valence-corrected chi connectivity index (χ1v) is 8.97. The molecule has 25 heavy (non-hydrogen) atoms. The molecule has 0 spiro atoms. The van der Waals surface area contributed by atoms with Gasteiger partial charge in [0.2, 0.25) is 0 Å². The number of hydrogen-bond acceptors (Lipinski definition) is 4. The molecular weight excluding hydrogens is 362 g/mol. The summed E-state index contributed by atoms with van der Waals surface area (Å²) in [5, 5.41) is 4.01. The lowest BCUT2D eigenvalue weighted by Gasteiger charge is -2.26. The number of ether oxygens (including phenoxy) is 2. The van der Waals surface area contributed by atoms with Crippen LogP contribution >= 0.6 is 23.8 Å². The van der Waals surface area contributed by atoms with E-state index in [4.69, 9.17) is 33.3 Å². The number of hydrazine groups is 1. The SMILES string of the molecule is Cc1cc(OC(C)(C)C(=O)NNC(=S)NCC2CCCO2)ccc1Cl. The van der Waals surface area contributed by atoms with Crippen LogP contribution in [0.2, 0.25) is 5.02 Å². The van der Waals surface area contributed by atoms with Gasteiger partial charge in [0.05, 0.1) is 6.10 Å². The van der Waals surface area contributed by atoms with E-state index in [9.17, 15) is 4.79 Å². The molecule has 1 unspecified atom stereocenters. The number of halogens is 1. The molecule has 0 aromatic heterocycles. The van der Waals surface area contributed by atoms with E-state index in [1.807, 2.05) is 6.92 Å². The van der Waals surface area contributed by atoms with Crippen LogP contribution in [0.4, 0.5) is 0 Å². The lowest BCUT2D eigenvalue weighted by atomic mass is 10.1. The maximum absolute atomic E-state index is 12.3. The number of benzene rings is 1. The van der Waals surface area contributed by atoms with E-state index in [1.165, 1.54) is 0 Å². The summed E-state index contributed by atoms with van der Waals surface area (Å²) in [6.45, 7) is 6.64.